The molecule has 0 fully saturated rings. The second kappa shape index (κ2) is 18.6. The minimum Gasteiger partial charge on any atom is -0.466 e. The third kappa shape index (κ3) is 11.7. The summed E-state index contributed by atoms with van der Waals surface area (Å²) in [6, 6.07) is 38.3. The average Bonchev–Trinajstić information content (AvgIpc) is 3.09. The van der Waals surface area contributed by atoms with Gasteiger partial charge in [-0.15, -0.1) is 0 Å². The summed E-state index contributed by atoms with van der Waals surface area (Å²) >= 11 is 0. The van der Waals surface area contributed by atoms with Crippen molar-refractivity contribution in [1.82, 2.24) is 4.90 Å². The van der Waals surface area contributed by atoms with E-state index in [0.717, 1.165) is 63.7 Å². The Hall–Kier alpha value is -4.22. The van der Waals surface area contributed by atoms with Crippen molar-refractivity contribution in [1.29, 1.82) is 0 Å². The first-order valence-corrected chi connectivity index (χ1v) is 16.3. The number of carbonyl (C=O) groups is 2. The van der Waals surface area contributed by atoms with Crippen LogP contribution in [0.4, 0.5) is 0 Å². The molecule has 5 heteroatoms. The molecule has 0 aromatic heterocycles. The van der Waals surface area contributed by atoms with Crippen molar-refractivity contribution in [2.24, 2.45) is 0 Å². The maximum absolute atomic E-state index is 12.0. The van der Waals surface area contributed by atoms with Crippen LogP contribution in [0.5, 0.6) is 0 Å². The van der Waals surface area contributed by atoms with Gasteiger partial charge < -0.3 is 9.47 Å². The van der Waals surface area contributed by atoms with E-state index in [-0.39, 0.29) is 11.9 Å². The molecular weight excluding hydrogens is 558 g/mol. The number of hydrogen-bond acceptors (Lipinski definition) is 5. The summed E-state index contributed by atoms with van der Waals surface area (Å²) in [5.41, 5.74) is 7.14. The highest BCUT2D eigenvalue weighted by Gasteiger charge is 2.18. The van der Waals surface area contributed by atoms with Gasteiger partial charge in [-0.1, -0.05) is 97.1 Å². The molecule has 0 radical (unpaired) electrons. The smallest absolute Gasteiger partial charge is 0.337 e. The Balaban J connectivity index is 1.42. The molecule has 0 spiro atoms. The van der Waals surface area contributed by atoms with Gasteiger partial charge in [0.2, 0.25) is 0 Å². The summed E-state index contributed by atoms with van der Waals surface area (Å²) in [5.74, 6) is -0.107. The van der Waals surface area contributed by atoms with Gasteiger partial charge in [-0.05, 0) is 97.9 Å². The highest BCUT2D eigenvalue weighted by Crippen LogP contribution is 2.25. The predicted molar refractivity (Wildman–Crippen MR) is 181 cm³/mol. The fraction of sp³-hybridized carbons (Fsp3) is 0.350. The van der Waals surface area contributed by atoms with E-state index in [1.165, 1.54) is 29.4 Å². The second-order valence-corrected chi connectivity index (χ2v) is 11.6. The fourth-order valence-corrected chi connectivity index (χ4v) is 5.74. The van der Waals surface area contributed by atoms with Crippen LogP contribution >= 0.6 is 0 Å². The molecule has 0 N–H and O–H groups in total. The Labute approximate surface area is 269 Å². The largest absolute Gasteiger partial charge is 0.466 e. The van der Waals surface area contributed by atoms with Crippen LogP contribution in [0.25, 0.3) is 0 Å². The fourth-order valence-electron chi connectivity index (χ4n) is 5.74. The van der Waals surface area contributed by atoms with Crippen molar-refractivity contribution in [3.05, 3.63) is 143 Å². The van der Waals surface area contributed by atoms with Crippen LogP contribution in [0.3, 0.4) is 0 Å². The van der Waals surface area contributed by atoms with Gasteiger partial charge in [-0.2, -0.15) is 0 Å². The van der Waals surface area contributed by atoms with Crippen LogP contribution < -0.4 is 0 Å². The van der Waals surface area contributed by atoms with Crippen molar-refractivity contribution in [3.63, 3.8) is 0 Å². The lowest BCUT2D eigenvalue weighted by Crippen LogP contribution is -2.30. The average molecular weight is 606 g/mol. The Morgan fingerprint density at radius 2 is 1.27 bits per heavy atom. The highest BCUT2D eigenvalue weighted by molar-refractivity contribution is 5.89. The molecule has 0 heterocycles. The summed E-state index contributed by atoms with van der Waals surface area (Å²) in [4.78, 5) is 26.4. The third-order valence-corrected chi connectivity index (χ3v) is 8.29. The van der Waals surface area contributed by atoms with Crippen LogP contribution in [-0.2, 0) is 40.1 Å². The molecule has 0 amide bonds. The van der Waals surface area contributed by atoms with E-state index < -0.39 is 0 Å². The number of hydrogen-bond donors (Lipinski definition) is 0. The van der Waals surface area contributed by atoms with Crippen molar-refractivity contribution < 1.29 is 19.1 Å². The highest BCUT2D eigenvalue weighted by atomic mass is 16.5. The molecule has 236 valence electrons. The lowest BCUT2D eigenvalue weighted by atomic mass is 9.91. The minimum absolute atomic E-state index is 0.129. The normalized spacial score (nSPS) is 11.7. The number of rotatable bonds is 18. The first-order valence-electron chi connectivity index (χ1n) is 16.3. The number of esters is 2. The van der Waals surface area contributed by atoms with E-state index in [1.807, 2.05) is 31.2 Å². The van der Waals surface area contributed by atoms with Crippen LogP contribution in [0.2, 0.25) is 0 Å². The molecule has 0 aliphatic heterocycles. The zero-order valence-corrected chi connectivity index (χ0v) is 26.8. The summed E-state index contributed by atoms with van der Waals surface area (Å²) in [6.45, 7) is 4.80. The van der Waals surface area contributed by atoms with E-state index >= 15 is 0 Å². The number of unbranched alkanes of at least 4 members (excludes halogenated alkanes) is 1. The Morgan fingerprint density at radius 1 is 0.689 bits per heavy atom. The number of methoxy groups -OCH3 is 1. The first-order chi connectivity index (χ1) is 22.0. The third-order valence-electron chi connectivity index (χ3n) is 8.29. The topological polar surface area (TPSA) is 55.8 Å². The van der Waals surface area contributed by atoms with E-state index in [4.69, 9.17) is 9.47 Å². The maximum Gasteiger partial charge on any atom is 0.337 e. The Kier molecular flexibility index (Phi) is 13.9. The number of benzene rings is 4. The molecule has 1 unspecified atom stereocenters. The van der Waals surface area contributed by atoms with Crippen molar-refractivity contribution in [2.45, 2.75) is 64.3 Å². The quantitative estimate of drug-likeness (QED) is 0.0845. The minimum atomic E-state index is -0.328. The van der Waals surface area contributed by atoms with Gasteiger partial charge in [-0.25, -0.2) is 4.79 Å². The van der Waals surface area contributed by atoms with Gasteiger partial charge >= 0.3 is 11.9 Å². The van der Waals surface area contributed by atoms with E-state index in [0.29, 0.717) is 24.5 Å². The zero-order valence-electron chi connectivity index (χ0n) is 26.8. The van der Waals surface area contributed by atoms with E-state index in [1.54, 1.807) is 0 Å². The zero-order chi connectivity index (χ0) is 31.7. The summed E-state index contributed by atoms with van der Waals surface area (Å²) in [6.07, 6.45) is 6.28. The first kappa shape index (κ1) is 33.7. The van der Waals surface area contributed by atoms with Crippen molar-refractivity contribution >= 4 is 11.9 Å². The summed E-state index contributed by atoms with van der Waals surface area (Å²) in [7, 11) is 1.40. The van der Waals surface area contributed by atoms with E-state index in [9.17, 15) is 9.59 Å². The summed E-state index contributed by atoms with van der Waals surface area (Å²) in [5, 5.41) is 0. The molecule has 0 saturated heterocycles. The van der Waals surface area contributed by atoms with Gasteiger partial charge in [0.05, 0.1) is 19.3 Å². The SMILES string of the molecule is CCOC(=O)CCCCN(Cc1ccc(C(=O)OC)cc1)CC(CCc1ccc(CCc2ccccc2)cc1)c1ccccc1. The molecule has 0 saturated carbocycles. The molecule has 4 rings (SSSR count). The molecule has 4 aromatic carbocycles. The predicted octanol–water partition coefficient (Wildman–Crippen LogP) is 8.21. The number of aryl methyl sites for hydroxylation is 3. The molecule has 45 heavy (non-hydrogen) atoms. The van der Waals surface area contributed by atoms with Crippen molar-refractivity contribution in [3.8, 4) is 0 Å². The molecule has 1 atom stereocenters. The molecule has 0 aliphatic rings. The molecule has 0 bridgehead atoms. The molecule has 0 aliphatic carbocycles. The van der Waals surface area contributed by atoms with Crippen LogP contribution in [0, 0.1) is 0 Å². The molecule has 5 nitrogen and oxygen atoms in total. The van der Waals surface area contributed by atoms with Crippen LogP contribution in [0.1, 0.15) is 76.7 Å². The monoisotopic (exact) mass is 605 g/mol. The van der Waals surface area contributed by atoms with E-state index in [2.05, 4.69) is 89.8 Å². The van der Waals surface area contributed by atoms with Crippen molar-refractivity contribution in [2.75, 3.05) is 26.8 Å². The number of ether oxygens (including phenoxy) is 2. The lowest BCUT2D eigenvalue weighted by molar-refractivity contribution is -0.143. The number of carbonyl (C=O) groups excluding carboxylic acids is 2. The van der Waals surface area contributed by atoms with Gasteiger partial charge in [0.1, 0.15) is 0 Å². The van der Waals surface area contributed by atoms with Crippen LogP contribution in [-0.4, -0.2) is 43.6 Å². The van der Waals surface area contributed by atoms with Gasteiger partial charge in [-0.3, -0.25) is 9.69 Å². The second-order valence-electron chi connectivity index (χ2n) is 11.6. The molecule has 4 aromatic rings. The molecular formula is C40H47NO4. The number of nitrogens with zero attached hydrogens (tertiary/aromatic N) is 1. The van der Waals surface area contributed by atoms with Crippen LogP contribution in [0.15, 0.2) is 109 Å². The maximum atomic E-state index is 12.0. The van der Waals surface area contributed by atoms with Gasteiger partial charge in [0, 0.05) is 19.5 Å². The lowest BCUT2D eigenvalue weighted by Gasteiger charge is -2.28. The standard InChI is InChI=1S/C40H47NO4/c1-3-45-39(42)16-10-11-29-41(30-35-24-26-37(27-25-35)40(43)44-2)31-38(36-14-8-5-9-15-36)28-23-34-21-19-33(20-22-34)18-17-32-12-6-4-7-13-32/h4-9,12-15,19-22,24-27,38H,3,10-11,16-18,23,28-31H2,1-2H3. The Bertz CT molecular complexity index is 1420. The van der Waals surface area contributed by atoms with Gasteiger partial charge in [0.15, 0.2) is 0 Å². The Morgan fingerprint density at radius 3 is 1.89 bits per heavy atom. The van der Waals surface area contributed by atoms with Gasteiger partial charge in [0.25, 0.3) is 0 Å². The summed E-state index contributed by atoms with van der Waals surface area (Å²) < 4.78 is 10.0.